The number of aryl methyl sites for hydroxylation is 1. The summed E-state index contributed by atoms with van der Waals surface area (Å²) in [5, 5.41) is 7.77. The van der Waals surface area contributed by atoms with Crippen LogP contribution in [-0.4, -0.2) is 26.6 Å². The number of aromatic nitrogens is 4. The van der Waals surface area contributed by atoms with E-state index in [1.54, 1.807) is 23.7 Å². The number of nitrogen functional groups attached to an aromatic ring is 1. The summed E-state index contributed by atoms with van der Waals surface area (Å²) < 4.78 is 7.32. The quantitative estimate of drug-likeness (QED) is 0.767. The maximum Gasteiger partial charge on any atom is 0.233 e. The average Bonchev–Trinajstić information content (AvgIpc) is 2.92. The van der Waals surface area contributed by atoms with Gasteiger partial charge < -0.3 is 15.8 Å². The summed E-state index contributed by atoms with van der Waals surface area (Å²) >= 11 is 6.07. The summed E-state index contributed by atoms with van der Waals surface area (Å²) in [4.78, 5) is 8.56. The fraction of sp³-hybridized carbons (Fsp3) is 0.214. The number of imidazole rings is 1. The van der Waals surface area contributed by atoms with E-state index in [9.17, 15) is 0 Å². The highest BCUT2D eigenvalue weighted by molar-refractivity contribution is 6.32. The van der Waals surface area contributed by atoms with Gasteiger partial charge in [-0.15, -0.1) is 0 Å². The van der Waals surface area contributed by atoms with Gasteiger partial charge in [0, 0.05) is 7.05 Å². The monoisotopic (exact) mass is 318 g/mol. The van der Waals surface area contributed by atoms with Crippen LogP contribution in [-0.2, 0) is 6.61 Å². The SMILES string of the molecule is CNc1cn2nc(COc3nc(C)c(N)cc3Cl)ccc2n1. The van der Waals surface area contributed by atoms with Crippen molar-refractivity contribution < 1.29 is 4.74 Å². The predicted molar refractivity (Wildman–Crippen MR) is 85.3 cm³/mol. The molecule has 3 aromatic rings. The lowest BCUT2D eigenvalue weighted by Gasteiger charge is -2.09. The summed E-state index contributed by atoms with van der Waals surface area (Å²) in [7, 11) is 1.81. The highest BCUT2D eigenvalue weighted by atomic mass is 35.5. The summed E-state index contributed by atoms with van der Waals surface area (Å²) in [6.07, 6.45) is 1.80. The van der Waals surface area contributed by atoms with Gasteiger partial charge in [0.15, 0.2) is 5.65 Å². The fourth-order valence-corrected chi connectivity index (χ4v) is 2.15. The Labute approximate surface area is 132 Å². The number of ether oxygens (including phenoxy) is 1. The Bertz CT molecular complexity index is 832. The van der Waals surface area contributed by atoms with Crippen molar-refractivity contribution in [2.24, 2.45) is 0 Å². The highest BCUT2D eigenvalue weighted by Crippen LogP contribution is 2.26. The largest absolute Gasteiger partial charge is 0.470 e. The Hall–Kier alpha value is -2.54. The average molecular weight is 319 g/mol. The number of nitrogens with two attached hydrogens (primary N) is 1. The van der Waals surface area contributed by atoms with Crippen LogP contribution in [0.2, 0.25) is 5.02 Å². The number of halogens is 1. The van der Waals surface area contributed by atoms with E-state index in [0.717, 1.165) is 17.2 Å². The van der Waals surface area contributed by atoms with Crippen LogP contribution in [0.3, 0.4) is 0 Å². The van der Waals surface area contributed by atoms with Crippen molar-refractivity contribution in [3.05, 3.63) is 40.8 Å². The molecule has 3 heterocycles. The first-order valence-corrected chi connectivity index (χ1v) is 7.03. The third-order valence-electron chi connectivity index (χ3n) is 3.16. The van der Waals surface area contributed by atoms with Crippen LogP contribution in [0.15, 0.2) is 24.4 Å². The second kappa shape index (κ2) is 5.69. The van der Waals surface area contributed by atoms with Crippen LogP contribution in [0.25, 0.3) is 5.65 Å². The lowest BCUT2D eigenvalue weighted by atomic mass is 10.3. The molecule has 0 aromatic carbocycles. The maximum absolute atomic E-state index is 6.07. The summed E-state index contributed by atoms with van der Waals surface area (Å²) in [6.45, 7) is 2.05. The molecule has 3 aromatic heterocycles. The van der Waals surface area contributed by atoms with Crippen LogP contribution >= 0.6 is 11.6 Å². The predicted octanol–water partition coefficient (Wildman–Crippen LogP) is 2.29. The Morgan fingerprint density at radius 3 is 2.95 bits per heavy atom. The minimum Gasteiger partial charge on any atom is -0.470 e. The summed E-state index contributed by atoms with van der Waals surface area (Å²) in [6, 6.07) is 5.35. The van der Waals surface area contributed by atoms with Gasteiger partial charge in [0.2, 0.25) is 5.88 Å². The summed E-state index contributed by atoms with van der Waals surface area (Å²) in [5.41, 5.74) is 8.45. The molecule has 22 heavy (non-hydrogen) atoms. The van der Waals surface area contributed by atoms with Crippen LogP contribution in [0, 0.1) is 6.92 Å². The molecule has 0 saturated carbocycles. The van der Waals surface area contributed by atoms with Gasteiger partial charge in [0.05, 0.1) is 23.3 Å². The molecule has 0 radical (unpaired) electrons. The van der Waals surface area contributed by atoms with E-state index >= 15 is 0 Å². The van der Waals surface area contributed by atoms with E-state index < -0.39 is 0 Å². The minimum atomic E-state index is 0.249. The normalized spacial score (nSPS) is 10.9. The lowest BCUT2D eigenvalue weighted by Crippen LogP contribution is -2.04. The van der Waals surface area contributed by atoms with Crippen molar-refractivity contribution in [2.45, 2.75) is 13.5 Å². The van der Waals surface area contributed by atoms with Crippen LogP contribution in [0.4, 0.5) is 11.5 Å². The van der Waals surface area contributed by atoms with E-state index in [0.29, 0.717) is 22.3 Å². The standard InChI is InChI=1S/C14H15ClN6O/c1-8-11(16)5-10(15)14(18-8)22-7-9-3-4-13-19-12(17-2)6-21(13)20-9/h3-6,17H,7,16H2,1-2H3. The van der Waals surface area contributed by atoms with Crippen LogP contribution in [0.5, 0.6) is 5.88 Å². The molecule has 0 spiro atoms. The smallest absolute Gasteiger partial charge is 0.233 e. The van der Waals surface area contributed by atoms with Crippen molar-refractivity contribution in [1.29, 1.82) is 0 Å². The molecule has 3 N–H and O–H groups in total. The molecule has 8 heteroatoms. The molecule has 7 nitrogen and oxygen atoms in total. The molecular formula is C14H15ClN6O. The zero-order valence-corrected chi connectivity index (χ0v) is 12.9. The maximum atomic E-state index is 6.07. The molecule has 0 aliphatic carbocycles. The van der Waals surface area contributed by atoms with E-state index in [1.807, 2.05) is 19.2 Å². The lowest BCUT2D eigenvalue weighted by molar-refractivity contribution is 0.287. The minimum absolute atomic E-state index is 0.249. The molecule has 0 fully saturated rings. The van der Waals surface area contributed by atoms with Gasteiger partial charge in [-0.3, -0.25) is 0 Å². The second-order valence-electron chi connectivity index (χ2n) is 4.74. The van der Waals surface area contributed by atoms with E-state index in [-0.39, 0.29) is 6.61 Å². The van der Waals surface area contributed by atoms with Crippen molar-refractivity contribution in [3.8, 4) is 5.88 Å². The third-order valence-corrected chi connectivity index (χ3v) is 3.43. The molecule has 0 saturated heterocycles. The first-order valence-electron chi connectivity index (χ1n) is 6.65. The van der Waals surface area contributed by atoms with Crippen LogP contribution in [0.1, 0.15) is 11.4 Å². The van der Waals surface area contributed by atoms with Gasteiger partial charge in [-0.2, -0.15) is 5.10 Å². The summed E-state index contributed by atoms with van der Waals surface area (Å²) in [5.74, 6) is 1.10. The second-order valence-corrected chi connectivity index (χ2v) is 5.15. The van der Waals surface area contributed by atoms with Crippen molar-refractivity contribution in [3.63, 3.8) is 0 Å². The number of rotatable bonds is 4. The molecule has 3 rings (SSSR count). The number of nitrogens with one attached hydrogen (secondary N) is 1. The van der Waals surface area contributed by atoms with Gasteiger partial charge in [-0.1, -0.05) is 11.6 Å². The number of anilines is 2. The number of nitrogens with zero attached hydrogens (tertiary/aromatic N) is 4. The first-order chi connectivity index (χ1) is 10.6. The molecule has 0 aliphatic rings. The molecular weight excluding hydrogens is 304 g/mol. The van der Waals surface area contributed by atoms with Gasteiger partial charge in [-0.05, 0) is 25.1 Å². The van der Waals surface area contributed by atoms with Crippen molar-refractivity contribution in [2.75, 3.05) is 18.1 Å². The number of pyridine rings is 1. The zero-order chi connectivity index (χ0) is 15.7. The van der Waals surface area contributed by atoms with E-state index in [4.69, 9.17) is 22.1 Å². The molecule has 0 atom stereocenters. The van der Waals surface area contributed by atoms with Gasteiger partial charge in [-0.25, -0.2) is 14.5 Å². The van der Waals surface area contributed by atoms with Crippen molar-refractivity contribution in [1.82, 2.24) is 19.6 Å². The number of hydrogen-bond donors (Lipinski definition) is 2. The molecule has 114 valence electrons. The van der Waals surface area contributed by atoms with Crippen molar-refractivity contribution >= 4 is 28.8 Å². The van der Waals surface area contributed by atoms with Gasteiger partial charge >= 0.3 is 0 Å². The molecule has 0 aliphatic heterocycles. The molecule has 0 bridgehead atoms. The van der Waals surface area contributed by atoms with E-state index in [1.165, 1.54) is 0 Å². The topological polar surface area (TPSA) is 90.4 Å². The number of fused-ring (bicyclic) bond motifs is 1. The van der Waals surface area contributed by atoms with Gasteiger partial charge in [0.25, 0.3) is 0 Å². The Kier molecular flexibility index (Phi) is 3.72. The number of hydrogen-bond acceptors (Lipinski definition) is 6. The van der Waals surface area contributed by atoms with Gasteiger partial charge in [0.1, 0.15) is 17.4 Å². The fourth-order valence-electron chi connectivity index (χ4n) is 1.94. The first kappa shape index (κ1) is 14.4. The van der Waals surface area contributed by atoms with E-state index in [2.05, 4.69) is 20.4 Å². The third kappa shape index (κ3) is 2.75. The Balaban J connectivity index is 1.80. The Morgan fingerprint density at radius 2 is 2.18 bits per heavy atom. The Morgan fingerprint density at radius 1 is 1.36 bits per heavy atom. The molecule has 0 amide bonds. The molecule has 0 unspecified atom stereocenters. The van der Waals surface area contributed by atoms with Crippen LogP contribution < -0.4 is 15.8 Å². The highest BCUT2D eigenvalue weighted by Gasteiger charge is 2.09. The zero-order valence-electron chi connectivity index (χ0n) is 12.2.